The Balaban J connectivity index is 2.54. The summed E-state index contributed by atoms with van der Waals surface area (Å²) in [4.78, 5) is 10.6. The number of phenolic OH excluding ortho intramolecular Hbond substituents is 1. The lowest BCUT2D eigenvalue weighted by Gasteiger charge is -1.96. The Bertz CT molecular complexity index is 462. The highest BCUT2D eigenvalue weighted by molar-refractivity contribution is 5.84. The summed E-state index contributed by atoms with van der Waals surface area (Å²) in [7, 11) is 0. The lowest BCUT2D eigenvalue weighted by Crippen LogP contribution is -1.80. The maximum atomic E-state index is 10.6. The summed E-state index contributed by atoms with van der Waals surface area (Å²) in [5.41, 5.74) is 1.00. The van der Waals surface area contributed by atoms with Gasteiger partial charge in [-0.25, -0.2) is 0 Å². The number of aromatic hydroxyl groups is 1. The van der Waals surface area contributed by atoms with Crippen LogP contribution in [0.4, 0.5) is 0 Å². The number of aromatic nitrogens is 1. The summed E-state index contributed by atoms with van der Waals surface area (Å²) in [6.45, 7) is 0. The van der Waals surface area contributed by atoms with Crippen molar-refractivity contribution in [3.05, 3.63) is 36.0 Å². The van der Waals surface area contributed by atoms with Gasteiger partial charge in [0.05, 0.1) is 11.8 Å². The molecule has 0 aliphatic heterocycles. The van der Waals surface area contributed by atoms with Crippen molar-refractivity contribution in [3.8, 4) is 17.1 Å². The summed E-state index contributed by atoms with van der Waals surface area (Å²) >= 11 is 0. The van der Waals surface area contributed by atoms with E-state index >= 15 is 0 Å². The summed E-state index contributed by atoms with van der Waals surface area (Å²) in [6, 6.07) is 6.45. The first-order chi connectivity index (χ1) is 6.81. The highest BCUT2D eigenvalue weighted by Gasteiger charge is 2.09. The topological polar surface area (TPSA) is 63.3 Å². The number of carbonyl (C=O) groups is 1. The van der Waals surface area contributed by atoms with Crippen LogP contribution < -0.4 is 0 Å². The van der Waals surface area contributed by atoms with Crippen LogP contribution in [0.5, 0.6) is 5.75 Å². The van der Waals surface area contributed by atoms with Crippen LogP contribution in [-0.4, -0.2) is 16.5 Å². The Morgan fingerprint density at radius 2 is 2.29 bits per heavy atom. The lowest BCUT2D eigenvalue weighted by atomic mass is 10.1. The third-order valence-corrected chi connectivity index (χ3v) is 1.83. The standard InChI is InChI=1S/C10H7NO3/c12-6-8-5-11-14-10(8)7-2-1-3-9(13)4-7/h1-6,13H. The van der Waals surface area contributed by atoms with Gasteiger partial charge in [-0.05, 0) is 12.1 Å². The second-order valence-corrected chi connectivity index (χ2v) is 2.78. The number of rotatable bonds is 2. The minimum atomic E-state index is 0.121. The average Bonchev–Trinajstić information content (AvgIpc) is 2.65. The van der Waals surface area contributed by atoms with E-state index in [0.717, 1.165) is 0 Å². The summed E-state index contributed by atoms with van der Waals surface area (Å²) in [6.07, 6.45) is 2.00. The number of nitrogens with zero attached hydrogens (tertiary/aromatic N) is 1. The maximum Gasteiger partial charge on any atom is 0.177 e. The SMILES string of the molecule is O=Cc1cnoc1-c1cccc(O)c1. The van der Waals surface area contributed by atoms with Gasteiger partial charge >= 0.3 is 0 Å². The Labute approximate surface area is 79.8 Å². The van der Waals surface area contributed by atoms with E-state index in [0.29, 0.717) is 23.2 Å². The zero-order chi connectivity index (χ0) is 9.97. The normalized spacial score (nSPS) is 10.0. The number of hydrogen-bond acceptors (Lipinski definition) is 4. The fourth-order valence-corrected chi connectivity index (χ4v) is 1.20. The van der Waals surface area contributed by atoms with Crippen LogP contribution in [0.3, 0.4) is 0 Å². The Morgan fingerprint density at radius 1 is 1.43 bits per heavy atom. The first-order valence-corrected chi connectivity index (χ1v) is 4.00. The molecule has 0 aliphatic carbocycles. The Morgan fingerprint density at radius 3 is 3.00 bits per heavy atom. The second-order valence-electron chi connectivity index (χ2n) is 2.78. The van der Waals surface area contributed by atoms with Crippen molar-refractivity contribution in [1.29, 1.82) is 0 Å². The Kier molecular flexibility index (Phi) is 2.02. The molecular formula is C10H7NO3. The van der Waals surface area contributed by atoms with Crippen LogP contribution in [0.15, 0.2) is 35.0 Å². The van der Waals surface area contributed by atoms with E-state index in [2.05, 4.69) is 5.16 Å². The van der Waals surface area contributed by atoms with Crippen LogP contribution in [0, 0.1) is 0 Å². The van der Waals surface area contributed by atoms with Crippen LogP contribution >= 0.6 is 0 Å². The third-order valence-electron chi connectivity index (χ3n) is 1.83. The van der Waals surface area contributed by atoms with E-state index < -0.39 is 0 Å². The predicted molar refractivity (Wildman–Crippen MR) is 49.0 cm³/mol. The van der Waals surface area contributed by atoms with E-state index in [9.17, 15) is 9.90 Å². The maximum absolute atomic E-state index is 10.6. The molecule has 14 heavy (non-hydrogen) atoms. The molecule has 0 amide bonds. The highest BCUT2D eigenvalue weighted by Crippen LogP contribution is 2.25. The molecule has 4 heteroatoms. The van der Waals surface area contributed by atoms with Crippen molar-refractivity contribution >= 4 is 6.29 Å². The van der Waals surface area contributed by atoms with Gasteiger partial charge in [0.25, 0.3) is 0 Å². The van der Waals surface area contributed by atoms with Crippen molar-refractivity contribution in [1.82, 2.24) is 5.16 Å². The van der Waals surface area contributed by atoms with E-state index in [4.69, 9.17) is 4.52 Å². The second kappa shape index (κ2) is 3.33. The molecule has 1 aromatic heterocycles. The van der Waals surface area contributed by atoms with Crippen LogP contribution in [0.1, 0.15) is 10.4 Å². The number of benzene rings is 1. The van der Waals surface area contributed by atoms with Crippen molar-refractivity contribution in [3.63, 3.8) is 0 Å². The lowest BCUT2D eigenvalue weighted by molar-refractivity contribution is 0.112. The van der Waals surface area contributed by atoms with Crippen molar-refractivity contribution in [2.45, 2.75) is 0 Å². The molecule has 4 nitrogen and oxygen atoms in total. The largest absolute Gasteiger partial charge is 0.508 e. The number of aldehydes is 1. The van der Waals surface area contributed by atoms with Gasteiger partial charge in [0.1, 0.15) is 5.75 Å². The first-order valence-electron chi connectivity index (χ1n) is 4.00. The van der Waals surface area contributed by atoms with Gasteiger partial charge in [-0.3, -0.25) is 4.79 Å². The van der Waals surface area contributed by atoms with Gasteiger partial charge in [-0.15, -0.1) is 0 Å². The summed E-state index contributed by atoms with van der Waals surface area (Å²) in [5, 5.41) is 12.7. The highest BCUT2D eigenvalue weighted by atomic mass is 16.5. The molecule has 1 aromatic carbocycles. The predicted octanol–water partition coefficient (Wildman–Crippen LogP) is 1.86. The molecule has 0 spiro atoms. The molecule has 0 aliphatic rings. The minimum Gasteiger partial charge on any atom is -0.508 e. The van der Waals surface area contributed by atoms with E-state index in [1.54, 1.807) is 18.2 Å². The molecule has 0 saturated carbocycles. The first kappa shape index (κ1) is 8.50. The van der Waals surface area contributed by atoms with Gasteiger partial charge in [-0.2, -0.15) is 0 Å². The Hall–Kier alpha value is -2.10. The van der Waals surface area contributed by atoms with Crippen molar-refractivity contribution < 1.29 is 14.4 Å². The molecule has 1 heterocycles. The average molecular weight is 189 g/mol. The summed E-state index contributed by atoms with van der Waals surface area (Å²) < 4.78 is 4.90. The van der Waals surface area contributed by atoms with Gasteiger partial charge in [-0.1, -0.05) is 17.3 Å². The van der Waals surface area contributed by atoms with Gasteiger partial charge in [0.2, 0.25) is 0 Å². The fourth-order valence-electron chi connectivity index (χ4n) is 1.20. The molecule has 2 rings (SSSR count). The molecule has 70 valence electrons. The quantitative estimate of drug-likeness (QED) is 0.732. The molecule has 0 bridgehead atoms. The van der Waals surface area contributed by atoms with Crippen LogP contribution in [0.25, 0.3) is 11.3 Å². The summed E-state index contributed by atoms with van der Waals surface area (Å²) in [5.74, 6) is 0.492. The molecule has 1 N–H and O–H groups in total. The van der Waals surface area contributed by atoms with E-state index in [1.165, 1.54) is 12.3 Å². The zero-order valence-electron chi connectivity index (χ0n) is 7.18. The molecule has 0 saturated heterocycles. The van der Waals surface area contributed by atoms with Crippen LogP contribution in [-0.2, 0) is 0 Å². The van der Waals surface area contributed by atoms with Crippen molar-refractivity contribution in [2.24, 2.45) is 0 Å². The number of phenols is 1. The minimum absolute atomic E-state index is 0.121. The smallest absolute Gasteiger partial charge is 0.177 e. The zero-order valence-corrected chi connectivity index (χ0v) is 7.18. The molecule has 2 aromatic rings. The van der Waals surface area contributed by atoms with Gasteiger partial charge in [0, 0.05) is 5.56 Å². The molecule has 0 radical (unpaired) electrons. The molecule has 0 unspecified atom stereocenters. The van der Waals surface area contributed by atoms with Crippen molar-refractivity contribution in [2.75, 3.05) is 0 Å². The fraction of sp³-hybridized carbons (Fsp3) is 0. The molecular weight excluding hydrogens is 182 g/mol. The number of hydrogen-bond donors (Lipinski definition) is 1. The van der Waals surface area contributed by atoms with E-state index in [1.807, 2.05) is 0 Å². The monoisotopic (exact) mass is 189 g/mol. The molecule has 0 atom stereocenters. The molecule has 0 fully saturated rings. The van der Waals surface area contributed by atoms with Gasteiger partial charge < -0.3 is 9.63 Å². The van der Waals surface area contributed by atoms with Gasteiger partial charge in [0.15, 0.2) is 12.0 Å². The van der Waals surface area contributed by atoms with Crippen LogP contribution in [0.2, 0.25) is 0 Å². The number of carbonyl (C=O) groups excluding carboxylic acids is 1. The van der Waals surface area contributed by atoms with E-state index in [-0.39, 0.29) is 5.75 Å². The third kappa shape index (κ3) is 1.37.